The Morgan fingerprint density at radius 1 is 0.967 bits per heavy atom. The molecule has 0 aliphatic heterocycles. The Kier molecular flexibility index (Phi) is 10.6. The van der Waals surface area contributed by atoms with E-state index < -0.39 is 24.2 Å². The van der Waals surface area contributed by atoms with Crippen LogP contribution >= 0.6 is 0 Å². The number of unbranched alkanes of at least 4 members (excludes halogenated alkanes) is 3. The van der Waals surface area contributed by atoms with E-state index in [-0.39, 0.29) is 6.61 Å². The van der Waals surface area contributed by atoms with E-state index >= 15 is 0 Å². The van der Waals surface area contributed by atoms with Gasteiger partial charge in [-0.05, 0) is 0 Å². The molecule has 0 radical (unpaired) electrons. The zero-order chi connectivity index (χ0) is 21.8. The Balaban J connectivity index is 2.24. The number of ether oxygens (including phenoxy) is 1. The first kappa shape index (κ1) is 24.7. The fourth-order valence-electron chi connectivity index (χ4n) is 3.97. The molecular weight excluding hydrogens is 482 g/mol. The van der Waals surface area contributed by atoms with Crippen LogP contribution in [0.2, 0.25) is 13.3 Å². The van der Waals surface area contributed by atoms with Crippen LogP contribution in [-0.4, -0.2) is 23.4 Å². The van der Waals surface area contributed by atoms with Crippen molar-refractivity contribution < 1.29 is 9.13 Å². The van der Waals surface area contributed by atoms with E-state index in [4.69, 9.17) is 16.3 Å². The summed E-state index contributed by atoms with van der Waals surface area (Å²) < 4.78 is 25.5. The molecule has 0 aliphatic rings. The topological polar surface area (TPSA) is 26.5 Å². The van der Waals surface area contributed by atoms with Crippen LogP contribution in [0.5, 0.6) is 5.88 Å². The molecule has 1 heterocycles. The van der Waals surface area contributed by atoms with Crippen LogP contribution in [0.25, 0.3) is 4.85 Å². The quantitative estimate of drug-likeness (QED) is 0.204. The zero-order valence-electron chi connectivity index (χ0n) is 18.7. The number of rotatable bonds is 13. The molecule has 0 amide bonds. The number of pyridine rings is 1. The van der Waals surface area contributed by atoms with Gasteiger partial charge in [0.15, 0.2) is 0 Å². The van der Waals surface area contributed by atoms with Gasteiger partial charge in [-0.2, -0.15) is 0 Å². The molecule has 2 rings (SSSR count). The summed E-state index contributed by atoms with van der Waals surface area (Å²) in [6, 6.07) is 10.7. The number of hydrogen-bond acceptors (Lipinski definition) is 2. The van der Waals surface area contributed by atoms with Crippen molar-refractivity contribution in [2.45, 2.75) is 79.2 Å². The Morgan fingerprint density at radius 2 is 1.60 bits per heavy atom. The van der Waals surface area contributed by atoms with E-state index in [9.17, 15) is 4.39 Å². The molecule has 0 unspecified atom stereocenters. The molecule has 2 aromatic rings. The van der Waals surface area contributed by atoms with E-state index in [1.165, 1.54) is 61.6 Å². The van der Waals surface area contributed by atoms with Gasteiger partial charge < -0.3 is 0 Å². The first-order valence-electron chi connectivity index (χ1n) is 11.3. The molecule has 0 N–H and O–H groups in total. The minimum absolute atomic E-state index is 0.127. The van der Waals surface area contributed by atoms with Gasteiger partial charge in [-0.3, -0.25) is 0 Å². The predicted octanol–water partition coefficient (Wildman–Crippen LogP) is 7.41. The van der Waals surface area contributed by atoms with E-state index in [0.717, 1.165) is 0 Å². The summed E-state index contributed by atoms with van der Waals surface area (Å²) in [6.07, 6.45) is 7.55. The summed E-state index contributed by atoms with van der Waals surface area (Å²) in [6.45, 7) is 13.9. The molecule has 0 saturated heterocycles. The Labute approximate surface area is 185 Å². The minimum atomic E-state index is -2.61. The summed E-state index contributed by atoms with van der Waals surface area (Å²) in [7, 11) is 0. The Bertz CT molecular complexity index is 812. The van der Waals surface area contributed by atoms with Crippen molar-refractivity contribution >= 4 is 27.8 Å². The van der Waals surface area contributed by atoms with Gasteiger partial charge >= 0.3 is 186 Å². The van der Waals surface area contributed by atoms with Crippen molar-refractivity contribution in [1.29, 1.82) is 0 Å². The number of nitrogens with zero attached hydrogens (tertiary/aromatic N) is 2. The van der Waals surface area contributed by atoms with Gasteiger partial charge in [0.2, 0.25) is 0 Å². The van der Waals surface area contributed by atoms with Crippen LogP contribution in [0, 0.1) is 12.4 Å². The first-order chi connectivity index (χ1) is 14.6. The second kappa shape index (κ2) is 12.9. The Morgan fingerprint density at radius 3 is 2.13 bits per heavy atom. The van der Waals surface area contributed by atoms with Gasteiger partial charge in [-0.1, -0.05) is 0 Å². The maximum absolute atomic E-state index is 14.2. The van der Waals surface area contributed by atoms with Crippen LogP contribution in [0.3, 0.4) is 0 Å². The predicted molar refractivity (Wildman–Crippen MR) is 126 cm³/mol. The summed E-state index contributed by atoms with van der Waals surface area (Å²) in [5.41, 5.74) is 0.755. The maximum atomic E-state index is 14.2. The number of aromatic nitrogens is 1. The zero-order valence-corrected chi connectivity index (χ0v) is 21.6. The molecule has 0 saturated carbocycles. The van der Waals surface area contributed by atoms with Crippen molar-refractivity contribution in [1.82, 2.24) is 4.98 Å². The van der Waals surface area contributed by atoms with Crippen molar-refractivity contribution in [3.8, 4) is 5.88 Å². The van der Waals surface area contributed by atoms with Gasteiger partial charge in [-0.25, -0.2) is 0 Å². The molecule has 0 atom stereocenters. The third-order valence-corrected chi connectivity index (χ3v) is 21.0. The van der Waals surface area contributed by atoms with Crippen molar-refractivity contribution in [2.75, 3.05) is 0 Å². The molecule has 0 aliphatic carbocycles. The molecule has 1 aromatic heterocycles. The van der Waals surface area contributed by atoms with Crippen LogP contribution in [0.15, 0.2) is 36.4 Å². The fraction of sp³-hybridized carbons (Fsp3) is 0.520. The summed E-state index contributed by atoms with van der Waals surface area (Å²) in [5, 5.41) is 0. The fourth-order valence-corrected chi connectivity index (χ4v) is 19.4. The molecule has 162 valence electrons. The summed E-state index contributed by atoms with van der Waals surface area (Å²) in [4.78, 5) is 8.25. The standard InChI is InChI=1S/C13H8FN2O.3C4H9.Sn/c1-15-11-6-5-10(12(14)8-11)9-17-13-4-2-3-7-16-13;3*1-3-4-2;/h2-6,8H,9H2;3*1,3-4H2,2H3;. The molecule has 0 spiro atoms. The first-order valence-corrected chi connectivity index (χ1v) is 18.8. The molecule has 0 fully saturated rings. The van der Waals surface area contributed by atoms with Gasteiger partial charge in [0.05, 0.1) is 0 Å². The van der Waals surface area contributed by atoms with E-state index in [1.54, 1.807) is 12.1 Å². The number of halogens is 1. The van der Waals surface area contributed by atoms with Crippen LogP contribution in [-0.2, 0) is 6.61 Å². The SMILES string of the molecule is [C-]#[N+]c1ccc(COc2ccc[c]([Sn]([CH2]CCC)([CH2]CCC)[CH2]CCC)n2)c(F)c1. The molecule has 0 bridgehead atoms. The van der Waals surface area contributed by atoms with Crippen LogP contribution < -0.4 is 8.45 Å². The Hall–Kier alpha value is -1.61. The normalized spacial score (nSPS) is 11.3. The van der Waals surface area contributed by atoms with E-state index in [0.29, 0.717) is 17.1 Å². The molecule has 3 nitrogen and oxygen atoms in total. The molecule has 1 aromatic carbocycles. The second-order valence-electron chi connectivity index (χ2n) is 8.13. The van der Waals surface area contributed by atoms with Crippen LogP contribution in [0.1, 0.15) is 64.9 Å². The third kappa shape index (κ3) is 6.97. The average molecular weight is 517 g/mol. The second-order valence-corrected chi connectivity index (χ2v) is 21.2. The summed E-state index contributed by atoms with van der Waals surface area (Å²) in [5.74, 6) is 0.189. The van der Waals surface area contributed by atoms with Gasteiger partial charge in [0, 0.05) is 0 Å². The number of hydrogen-bond donors (Lipinski definition) is 0. The monoisotopic (exact) mass is 518 g/mol. The molecule has 30 heavy (non-hydrogen) atoms. The number of benzene rings is 1. The third-order valence-electron chi connectivity index (χ3n) is 5.83. The van der Waals surface area contributed by atoms with Gasteiger partial charge in [0.25, 0.3) is 0 Å². The van der Waals surface area contributed by atoms with E-state index in [2.05, 4.69) is 37.7 Å². The van der Waals surface area contributed by atoms with Crippen LogP contribution in [0.4, 0.5) is 10.1 Å². The van der Waals surface area contributed by atoms with Crippen molar-refractivity contribution in [3.63, 3.8) is 0 Å². The summed E-state index contributed by atoms with van der Waals surface area (Å²) >= 11 is -2.61. The van der Waals surface area contributed by atoms with Gasteiger partial charge in [-0.15, -0.1) is 0 Å². The average Bonchev–Trinajstić information content (AvgIpc) is 2.78. The van der Waals surface area contributed by atoms with Crippen molar-refractivity contribution in [2.24, 2.45) is 0 Å². The van der Waals surface area contributed by atoms with E-state index in [1.807, 2.05) is 6.07 Å². The molecular formula is C25H35FN2OSn. The van der Waals surface area contributed by atoms with Gasteiger partial charge in [0.1, 0.15) is 0 Å². The molecule has 5 heteroatoms. The van der Waals surface area contributed by atoms with Crippen molar-refractivity contribution in [3.05, 3.63) is 59.2 Å².